The Morgan fingerprint density at radius 1 is 1.15 bits per heavy atom. The highest BCUT2D eigenvalue weighted by Crippen LogP contribution is 2.19. The molecule has 0 aromatic carbocycles. The van der Waals surface area contributed by atoms with E-state index in [1.54, 1.807) is 19.1 Å². The Hall–Kier alpha value is -2.91. The second-order valence-electron chi connectivity index (χ2n) is 6.01. The van der Waals surface area contributed by atoms with E-state index in [9.17, 15) is 14.4 Å². The molecule has 1 unspecified atom stereocenters. The highest BCUT2D eigenvalue weighted by Gasteiger charge is 2.39. The van der Waals surface area contributed by atoms with Gasteiger partial charge in [-0.3, -0.25) is 14.5 Å². The fourth-order valence-corrected chi connectivity index (χ4v) is 2.98. The molecular formula is C16H21N5O5. The molecule has 26 heavy (non-hydrogen) atoms. The van der Waals surface area contributed by atoms with E-state index < -0.39 is 17.8 Å². The Morgan fingerprint density at radius 2 is 1.88 bits per heavy atom. The molecule has 0 saturated carbocycles. The van der Waals surface area contributed by atoms with Gasteiger partial charge in [0.05, 0.1) is 13.7 Å². The number of piperazine rings is 1. The number of carbonyl (C=O) groups is 3. The number of carbonyl (C=O) groups excluding carboxylic acids is 3. The van der Waals surface area contributed by atoms with Gasteiger partial charge in [-0.15, -0.1) is 10.2 Å². The predicted molar refractivity (Wildman–Crippen MR) is 88.6 cm³/mol. The number of ether oxygens (including phenoxy) is 2. The maximum atomic E-state index is 12.6. The number of nitrogens with zero attached hydrogens (tertiary/aromatic N) is 5. The zero-order chi connectivity index (χ0) is 18.7. The molecule has 10 heteroatoms. The fraction of sp³-hybridized carbons (Fsp3) is 0.562. The number of hydrogen-bond donors (Lipinski definition) is 0. The summed E-state index contributed by atoms with van der Waals surface area (Å²) in [6.45, 7) is 3.60. The SMILES string of the molecule is CCN1CCN(C(=O)N2CCC(Oc3ccc(OC)nn3)C2)C(=O)C1=O. The van der Waals surface area contributed by atoms with Gasteiger partial charge in [0.1, 0.15) is 6.10 Å². The predicted octanol–water partition coefficient (Wildman–Crippen LogP) is -0.251. The average Bonchev–Trinajstić information content (AvgIpc) is 3.12. The van der Waals surface area contributed by atoms with Crippen molar-refractivity contribution in [1.29, 1.82) is 0 Å². The van der Waals surface area contributed by atoms with Crippen molar-refractivity contribution in [2.24, 2.45) is 0 Å². The smallest absolute Gasteiger partial charge is 0.327 e. The first-order valence-electron chi connectivity index (χ1n) is 8.47. The van der Waals surface area contributed by atoms with E-state index >= 15 is 0 Å². The number of imide groups is 1. The molecule has 0 bridgehead atoms. The molecule has 140 valence electrons. The van der Waals surface area contributed by atoms with Crippen molar-refractivity contribution in [3.63, 3.8) is 0 Å². The van der Waals surface area contributed by atoms with Gasteiger partial charge >= 0.3 is 17.8 Å². The summed E-state index contributed by atoms with van der Waals surface area (Å²) in [5.41, 5.74) is 0. The largest absolute Gasteiger partial charge is 0.480 e. The van der Waals surface area contributed by atoms with Crippen LogP contribution in [-0.4, -0.2) is 88.7 Å². The number of aromatic nitrogens is 2. The Balaban J connectivity index is 1.57. The lowest BCUT2D eigenvalue weighted by Gasteiger charge is -2.33. The van der Waals surface area contributed by atoms with E-state index in [-0.39, 0.29) is 12.6 Å². The summed E-state index contributed by atoms with van der Waals surface area (Å²) in [6, 6.07) is 2.83. The van der Waals surface area contributed by atoms with Crippen LogP contribution < -0.4 is 9.47 Å². The van der Waals surface area contributed by atoms with E-state index in [0.29, 0.717) is 44.4 Å². The van der Waals surface area contributed by atoms with Crippen molar-refractivity contribution in [2.45, 2.75) is 19.4 Å². The van der Waals surface area contributed by atoms with Crippen LogP contribution in [0.4, 0.5) is 4.79 Å². The first-order valence-corrected chi connectivity index (χ1v) is 8.47. The number of hydrogen-bond acceptors (Lipinski definition) is 7. The minimum absolute atomic E-state index is 0.212. The summed E-state index contributed by atoms with van der Waals surface area (Å²) < 4.78 is 10.7. The van der Waals surface area contributed by atoms with Crippen molar-refractivity contribution < 1.29 is 23.9 Å². The molecule has 0 spiro atoms. The second-order valence-corrected chi connectivity index (χ2v) is 6.01. The van der Waals surface area contributed by atoms with E-state index in [1.165, 1.54) is 16.9 Å². The molecule has 2 saturated heterocycles. The maximum absolute atomic E-state index is 12.6. The van der Waals surface area contributed by atoms with Gasteiger partial charge < -0.3 is 19.3 Å². The summed E-state index contributed by atoms with van der Waals surface area (Å²) in [5, 5.41) is 7.72. The summed E-state index contributed by atoms with van der Waals surface area (Å²) in [5.74, 6) is -0.677. The normalized spacial score (nSPS) is 20.5. The standard InChI is InChI=1S/C16H21N5O5/c1-3-19-8-9-21(15(23)14(19)22)16(24)20-7-6-11(10-20)26-13-5-4-12(25-2)17-18-13/h4-5,11H,3,6-10H2,1-2H3. The molecule has 3 rings (SSSR count). The van der Waals surface area contributed by atoms with Crippen LogP contribution in [-0.2, 0) is 9.59 Å². The molecule has 1 aromatic heterocycles. The third kappa shape index (κ3) is 3.53. The van der Waals surface area contributed by atoms with Crippen LogP contribution in [0.5, 0.6) is 11.8 Å². The second kappa shape index (κ2) is 7.54. The lowest BCUT2D eigenvalue weighted by Crippen LogP contribution is -2.58. The molecule has 0 aliphatic carbocycles. The zero-order valence-corrected chi connectivity index (χ0v) is 14.8. The lowest BCUT2D eigenvalue weighted by atomic mass is 10.3. The molecule has 1 aromatic rings. The average molecular weight is 363 g/mol. The highest BCUT2D eigenvalue weighted by atomic mass is 16.5. The molecule has 10 nitrogen and oxygen atoms in total. The first-order chi connectivity index (χ1) is 12.5. The highest BCUT2D eigenvalue weighted by molar-refractivity contribution is 6.38. The Labute approximate surface area is 150 Å². The van der Waals surface area contributed by atoms with Crippen LogP contribution in [0.2, 0.25) is 0 Å². The van der Waals surface area contributed by atoms with Crippen molar-refractivity contribution >= 4 is 17.8 Å². The van der Waals surface area contributed by atoms with Crippen LogP contribution in [0.25, 0.3) is 0 Å². The van der Waals surface area contributed by atoms with Crippen molar-refractivity contribution in [2.75, 3.05) is 39.8 Å². The van der Waals surface area contributed by atoms with Crippen LogP contribution >= 0.6 is 0 Å². The summed E-state index contributed by atoms with van der Waals surface area (Å²) in [4.78, 5) is 40.7. The molecule has 3 heterocycles. The van der Waals surface area contributed by atoms with Gasteiger partial charge in [0.15, 0.2) is 0 Å². The Kier molecular flexibility index (Phi) is 5.19. The van der Waals surface area contributed by atoms with E-state index in [1.807, 2.05) is 0 Å². The van der Waals surface area contributed by atoms with Gasteiger partial charge in [-0.05, 0) is 6.92 Å². The zero-order valence-electron chi connectivity index (χ0n) is 14.8. The number of rotatable bonds is 4. The fourth-order valence-electron chi connectivity index (χ4n) is 2.98. The molecule has 4 amide bonds. The number of urea groups is 1. The van der Waals surface area contributed by atoms with E-state index in [4.69, 9.17) is 9.47 Å². The minimum Gasteiger partial charge on any atom is -0.480 e. The van der Waals surface area contributed by atoms with E-state index in [0.717, 1.165) is 4.90 Å². The Morgan fingerprint density at radius 3 is 2.54 bits per heavy atom. The van der Waals surface area contributed by atoms with Gasteiger partial charge in [0.25, 0.3) is 0 Å². The lowest BCUT2D eigenvalue weighted by molar-refractivity contribution is -0.153. The van der Waals surface area contributed by atoms with Crippen LogP contribution in [0.15, 0.2) is 12.1 Å². The molecular weight excluding hydrogens is 342 g/mol. The summed E-state index contributed by atoms with van der Waals surface area (Å²) in [7, 11) is 1.50. The number of likely N-dealkylation sites (tertiary alicyclic amines) is 1. The summed E-state index contributed by atoms with van der Waals surface area (Å²) in [6.07, 6.45) is 0.362. The molecule has 2 aliphatic heterocycles. The third-order valence-corrected chi connectivity index (χ3v) is 4.45. The van der Waals surface area contributed by atoms with Gasteiger partial charge in [0.2, 0.25) is 11.8 Å². The monoisotopic (exact) mass is 363 g/mol. The van der Waals surface area contributed by atoms with E-state index in [2.05, 4.69) is 10.2 Å². The summed E-state index contributed by atoms with van der Waals surface area (Å²) >= 11 is 0. The van der Waals surface area contributed by atoms with Gasteiger partial charge in [-0.1, -0.05) is 0 Å². The Bertz CT molecular complexity index is 695. The topological polar surface area (TPSA) is 105 Å². The maximum Gasteiger partial charge on any atom is 0.327 e. The molecule has 2 aliphatic rings. The number of methoxy groups -OCH3 is 1. The van der Waals surface area contributed by atoms with Gasteiger partial charge in [-0.2, -0.15) is 0 Å². The van der Waals surface area contributed by atoms with Gasteiger partial charge in [0, 0.05) is 44.7 Å². The quantitative estimate of drug-likeness (QED) is 0.679. The molecule has 1 atom stereocenters. The van der Waals surface area contributed by atoms with Gasteiger partial charge in [-0.25, -0.2) is 4.79 Å². The van der Waals surface area contributed by atoms with Crippen molar-refractivity contribution in [3.8, 4) is 11.8 Å². The molecule has 0 N–H and O–H groups in total. The van der Waals surface area contributed by atoms with Crippen molar-refractivity contribution in [3.05, 3.63) is 12.1 Å². The molecule has 0 radical (unpaired) electrons. The molecule has 2 fully saturated rings. The number of amides is 4. The van der Waals surface area contributed by atoms with Crippen LogP contribution in [0.3, 0.4) is 0 Å². The third-order valence-electron chi connectivity index (χ3n) is 4.45. The van der Waals surface area contributed by atoms with Crippen LogP contribution in [0.1, 0.15) is 13.3 Å². The first kappa shape index (κ1) is 17.9. The van der Waals surface area contributed by atoms with Crippen molar-refractivity contribution in [1.82, 2.24) is 24.9 Å². The number of likely N-dealkylation sites (N-methyl/N-ethyl adjacent to an activating group) is 1. The van der Waals surface area contributed by atoms with Crippen LogP contribution in [0, 0.1) is 0 Å². The minimum atomic E-state index is -0.770.